The summed E-state index contributed by atoms with van der Waals surface area (Å²) in [7, 11) is 0. The predicted molar refractivity (Wildman–Crippen MR) is 104 cm³/mol. The molecule has 2 N–H and O–H groups in total. The molecule has 0 atom stereocenters. The summed E-state index contributed by atoms with van der Waals surface area (Å²) in [4.78, 5) is 23.8. The fraction of sp³-hybridized carbons (Fsp3) is 0.300. The Morgan fingerprint density at radius 2 is 1.64 bits per heavy atom. The van der Waals surface area contributed by atoms with Gasteiger partial charge in [-0.3, -0.25) is 9.59 Å². The highest BCUT2D eigenvalue weighted by molar-refractivity contribution is 7.98. The second-order valence-corrected chi connectivity index (χ2v) is 6.81. The average Bonchev–Trinajstić information content (AvgIpc) is 2.62. The van der Waals surface area contributed by atoms with E-state index >= 15 is 0 Å². The monoisotopic (exact) mass is 356 g/mol. The van der Waals surface area contributed by atoms with Crippen molar-refractivity contribution in [1.82, 2.24) is 10.6 Å². The number of benzene rings is 2. The number of rotatable bonds is 9. The summed E-state index contributed by atoms with van der Waals surface area (Å²) in [6, 6.07) is 17.7. The maximum Gasteiger partial charge on any atom is 0.251 e. The molecule has 132 valence electrons. The zero-order valence-electron chi connectivity index (χ0n) is 14.5. The van der Waals surface area contributed by atoms with Gasteiger partial charge in [0.15, 0.2) is 0 Å². The summed E-state index contributed by atoms with van der Waals surface area (Å²) < 4.78 is 0. The number of amides is 2. The molecule has 0 aromatic heterocycles. The molecule has 5 heteroatoms. The van der Waals surface area contributed by atoms with E-state index < -0.39 is 0 Å². The molecule has 0 saturated heterocycles. The molecule has 0 aliphatic rings. The van der Waals surface area contributed by atoms with Crippen molar-refractivity contribution in [2.24, 2.45) is 0 Å². The summed E-state index contributed by atoms with van der Waals surface area (Å²) in [6.07, 6.45) is 0.293. The lowest BCUT2D eigenvalue weighted by atomic mass is 10.1. The number of thioether (sulfide) groups is 1. The molecule has 4 nitrogen and oxygen atoms in total. The predicted octanol–water partition coefficient (Wildman–Crippen LogP) is 3.16. The maximum atomic E-state index is 12.0. The third kappa shape index (κ3) is 7.01. The van der Waals surface area contributed by atoms with Crippen LogP contribution in [-0.4, -0.2) is 30.7 Å². The summed E-state index contributed by atoms with van der Waals surface area (Å²) in [6.45, 7) is 2.88. The van der Waals surface area contributed by atoms with E-state index in [1.165, 1.54) is 5.56 Å². The van der Waals surface area contributed by atoms with Crippen LogP contribution in [0, 0.1) is 6.92 Å². The zero-order chi connectivity index (χ0) is 17.9. The summed E-state index contributed by atoms with van der Waals surface area (Å²) in [5.41, 5.74) is 2.87. The van der Waals surface area contributed by atoms with Crippen LogP contribution in [0.2, 0.25) is 0 Å². The van der Waals surface area contributed by atoms with Crippen molar-refractivity contribution in [1.29, 1.82) is 0 Å². The molecule has 0 heterocycles. The number of carbonyl (C=O) groups excluding carboxylic acids is 2. The van der Waals surface area contributed by atoms with E-state index in [4.69, 9.17) is 0 Å². The minimum atomic E-state index is -0.135. The van der Waals surface area contributed by atoms with Gasteiger partial charge in [0.05, 0.1) is 0 Å². The van der Waals surface area contributed by atoms with Crippen LogP contribution < -0.4 is 10.6 Å². The van der Waals surface area contributed by atoms with Gasteiger partial charge >= 0.3 is 0 Å². The molecule has 0 radical (unpaired) electrons. The molecule has 2 aromatic carbocycles. The highest BCUT2D eigenvalue weighted by Gasteiger charge is 2.08. The summed E-state index contributed by atoms with van der Waals surface area (Å²) >= 11 is 1.79. The zero-order valence-corrected chi connectivity index (χ0v) is 15.3. The van der Waals surface area contributed by atoms with Gasteiger partial charge in [-0.15, -0.1) is 0 Å². The van der Waals surface area contributed by atoms with E-state index in [-0.39, 0.29) is 11.8 Å². The second kappa shape index (κ2) is 10.6. The normalized spacial score (nSPS) is 10.3. The summed E-state index contributed by atoms with van der Waals surface area (Å²) in [5, 5.41) is 5.67. The van der Waals surface area contributed by atoms with Crippen molar-refractivity contribution in [3.05, 3.63) is 71.3 Å². The van der Waals surface area contributed by atoms with Crippen molar-refractivity contribution < 1.29 is 9.59 Å². The molecule has 2 rings (SSSR count). The highest BCUT2D eigenvalue weighted by Crippen LogP contribution is 2.10. The Bertz CT molecular complexity index is 689. The lowest BCUT2D eigenvalue weighted by Gasteiger charge is -2.08. The lowest BCUT2D eigenvalue weighted by Crippen LogP contribution is -2.32. The molecule has 2 aromatic rings. The minimum absolute atomic E-state index is 0.0367. The largest absolute Gasteiger partial charge is 0.355 e. The van der Waals surface area contributed by atoms with Gasteiger partial charge in [-0.05, 0) is 24.1 Å². The molecule has 0 bridgehead atoms. The number of aryl methyl sites for hydroxylation is 1. The van der Waals surface area contributed by atoms with E-state index in [0.29, 0.717) is 25.1 Å². The Labute approximate surface area is 153 Å². The molecule has 0 aliphatic heterocycles. The quantitative estimate of drug-likeness (QED) is 0.679. The van der Waals surface area contributed by atoms with E-state index in [1.807, 2.05) is 43.3 Å². The van der Waals surface area contributed by atoms with Crippen molar-refractivity contribution in [3.8, 4) is 0 Å². The number of nitrogens with one attached hydrogen (secondary N) is 2. The molecule has 0 unspecified atom stereocenters. The van der Waals surface area contributed by atoms with E-state index in [0.717, 1.165) is 17.1 Å². The fourth-order valence-corrected chi connectivity index (χ4v) is 3.15. The van der Waals surface area contributed by atoms with Crippen LogP contribution in [-0.2, 0) is 10.5 Å². The molecular weight excluding hydrogens is 332 g/mol. The van der Waals surface area contributed by atoms with Gasteiger partial charge in [0, 0.05) is 36.6 Å². The SMILES string of the molecule is Cc1ccccc1C(=O)NCCC(=O)NCCSCc1ccccc1. The van der Waals surface area contributed by atoms with Gasteiger partial charge in [0.2, 0.25) is 5.91 Å². The molecule has 2 amide bonds. The van der Waals surface area contributed by atoms with Gasteiger partial charge in [0.1, 0.15) is 0 Å². The van der Waals surface area contributed by atoms with Crippen LogP contribution in [0.3, 0.4) is 0 Å². The van der Waals surface area contributed by atoms with Crippen molar-refractivity contribution in [2.45, 2.75) is 19.1 Å². The Kier molecular flexibility index (Phi) is 8.05. The Morgan fingerprint density at radius 3 is 2.40 bits per heavy atom. The third-order valence-corrected chi connectivity index (χ3v) is 4.74. The second-order valence-electron chi connectivity index (χ2n) is 5.71. The van der Waals surface area contributed by atoms with Crippen LogP contribution >= 0.6 is 11.8 Å². The number of hydrogen-bond acceptors (Lipinski definition) is 3. The third-order valence-electron chi connectivity index (χ3n) is 3.71. The van der Waals surface area contributed by atoms with E-state index in [1.54, 1.807) is 17.8 Å². The molecule has 0 spiro atoms. The van der Waals surface area contributed by atoms with E-state index in [9.17, 15) is 9.59 Å². The summed E-state index contributed by atoms with van der Waals surface area (Å²) in [5.74, 6) is 1.65. The Balaban J connectivity index is 1.55. The molecule has 0 aliphatic carbocycles. The Morgan fingerprint density at radius 1 is 0.920 bits per heavy atom. The number of carbonyl (C=O) groups is 2. The standard InChI is InChI=1S/C20H24N2O2S/c1-16-7-5-6-10-18(16)20(24)22-12-11-19(23)21-13-14-25-15-17-8-3-2-4-9-17/h2-10H,11-15H2,1H3,(H,21,23)(H,22,24). The lowest BCUT2D eigenvalue weighted by molar-refractivity contribution is -0.120. The number of hydrogen-bond donors (Lipinski definition) is 2. The van der Waals surface area contributed by atoms with Crippen LogP contribution in [0.1, 0.15) is 27.9 Å². The first-order valence-corrected chi connectivity index (χ1v) is 9.54. The van der Waals surface area contributed by atoms with Crippen LogP contribution in [0.5, 0.6) is 0 Å². The molecule has 0 fully saturated rings. The first-order chi connectivity index (χ1) is 12.2. The topological polar surface area (TPSA) is 58.2 Å². The van der Waals surface area contributed by atoms with Crippen molar-refractivity contribution in [3.63, 3.8) is 0 Å². The molecule has 25 heavy (non-hydrogen) atoms. The highest BCUT2D eigenvalue weighted by atomic mass is 32.2. The Hall–Kier alpha value is -2.27. The van der Waals surface area contributed by atoms with Gasteiger partial charge in [-0.2, -0.15) is 11.8 Å². The van der Waals surface area contributed by atoms with Crippen LogP contribution in [0.25, 0.3) is 0 Å². The maximum absolute atomic E-state index is 12.0. The van der Waals surface area contributed by atoms with Gasteiger partial charge in [0.25, 0.3) is 5.91 Å². The van der Waals surface area contributed by atoms with Crippen LogP contribution in [0.4, 0.5) is 0 Å². The first kappa shape index (κ1) is 19.1. The van der Waals surface area contributed by atoms with Crippen molar-refractivity contribution >= 4 is 23.6 Å². The van der Waals surface area contributed by atoms with Gasteiger partial charge in [-0.1, -0.05) is 48.5 Å². The molecular formula is C20H24N2O2S. The van der Waals surface area contributed by atoms with Gasteiger partial charge in [-0.25, -0.2) is 0 Å². The van der Waals surface area contributed by atoms with Gasteiger partial charge < -0.3 is 10.6 Å². The first-order valence-electron chi connectivity index (χ1n) is 8.39. The van der Waals surface area contributed by atoms with Crippen LogP contribution in [0.15, 0.2) is 54.6 Å². The molecule has 0 saturated carbocycles. The average molecular weight is 356 g/mol. The minimum Gasteiger partial charge on any atom is -0.355 e. The fourth-order valence-electron chi connectivity index (χ4n) is 2.33. The van der Waals surface area contributed by atoms with Crippen molar-refractivity contribution in [2.75, 3.05) is 18.8 Å². The smallest absolute Gasteiger partial charge is 0.251 e. The van der Waals surface area contributed by atoms with E-state index in [2.05, 4.69) is 22.8 Å².